The van der Waals surface area contributed by atoms with Crippen LogP contribution in [0.3, 0.4) is 0 Å². The predicted octanol–water partition coefficient (Wildman–Crippen LogP) is 1.88. The lowest BCUT2D eigenvalue weighted by Crippen LogP contribution is -2.43. The van der Waals surface area contributed by atoms with Crippen molar-refractivity contribution in [3.63, 3.8) is 0 Å². The van der Waals surface area contributed by atoms with Gasteiger partial charge in [0.05, 0.1) is 6.10 Å². The highest BCUT2D eigenvalue weighted by Gasteiger charge is 2.25. The summed E-state index contributed by atoms with van der Waals surface area (Å²) in [5.74, 6) is 0.274. The van der Waals surface area contributed by atoms with Crippen molar-refractivity contribution >= 4 is 5.91 Å². The van der Waals surface area contributed by atoms with Crippen LogP contribution in [-0.4, -0.2) is 32.1 Å². The predicted molar refractivity (Wildman–Crippen MR) is 79.4 cm³/mol. The maximum Gasteiger partial charge on any atom is 0.223 e. The third-order valence-electron chi connectivity index (χ3n) is 3.91. The average Bonchev–Trinajstić information content (AvgIpc) is 2.49. The van der Waals surface area contributed by atoms with Gasteiger partial charge in [-0.15, -0.1) is 0 Å². The highest BCUT2D eigenvalue weighted by molar-refractivity contribution is 5.78. The Morgan fingerprint density at radius 2 is 2.20 bits per heavy atom. The van der Waals surface area contributed by atoms with Crippen LogP contribution in [0.5, 0.6) is 0 Å². The SMILES string of the molecule is COC(CNC(=O)[C@H]1CCN[C@@H](C)C1)c1ccccc1. The molecule has 2 rings (SSSR count). The minimum absolute atomic E-state index is 0.0840. The van der Waals surface area contributed by atoms with Crippen LogP contribution >= 0.6 is 0 Å². The molecule has 1 aliphatic rings. The third-order valence-corrected chi connectivity index (χ3v) is 3.91. The van der Waals surface area contributed by atoms with E-state index in [0.717, 1.165) is 24.9 Å². The molecule has 0 radical (unpaired) electrons. The van der Waals surface area contributed by atoms with Gasteiger partial charge >= 0.3 is 0 Å². The Balaban J connectivity index is 1.85. The fraction of sp³-hybridized carbons (Fsp3) is 0.562. The van der Waals surface area contributed by atoms with E-state index in [2.05, 4.69) is 17.6 Å². The molecule has 3 atom stereocenters. The number of methoxy groups -OCH3 is 1. The Labute approximate surface area is 120 Å². The molecule has 1 amide bonds. The van der Waals surface area contributed by atoms with Crippen molar-refractivity contribution in [2.75, 3.05) is 20.2 Å². The van der Waals surface area contributed by atoms with Gasteiger partial charge in [-0.3, -0.25) is 4.79 Å². The van der Waals surface area contributed by atoms with Crippen LogP contribution in [0, 0.1) is 5.92 Å². The van der Waals surface area contributed by atoms with Crippen molar-refractivity contribution in [1.82, 2.24) is 10.6 Å². The Morgan fingerprint density at radius 1 is 1.45 bits per heavy atom. The third kappa shape index (κ3) is 4.05. The fourth-order valence-corrected chi connectivity index (χ4v) is 2.71. The van der Waals surface area contributed by atoms with Crippen molar-refractivity contribution in [1.29, 1.82) is 0 Å². The number of hydrogen-bond acceptors (Lipinski definition) is 3. The number of rotatable bonds is 5. The highest BCUT2D eigenvalue weighted by atomic mass is 16.5. The Morgan fingerprint density at radius 3 is 2.85 bits per heavy atom. The zero-order chi connectivity index (χ0) is 14.4. The first-order valence-corrected chi connectivity index (χ1v) is 7.29. The van der Waals surface area contributed by atoms with E-state index in [4.69, 9.17) is 4.74 Å². The molecule has 0 bridgehead atoms. The number of carbonyl (C=O) groups is 1. The normalized spacial score (nSPS) is 24.1. The minimum atomic E-state index is -0.0840. The second kappa shape index (κ2) is 7.41. The summed E-state index contributed by atoms with van der Waals surface area (Å²) in [7, 11) is 1.68. The van der Waals surface area contributed by atoms with Crippen LogP contribution < -0.4 is 10.6 Å². The molecule has 2 N–H and O–H groups in total. The van der Waals surface area contributed by atoms with Gasteiger partial charge in [0, 0.05) is 25.6 Å². The lowest BCUT2D eigenvalue weighted by Gasteiger charge is -2.27. The van der Waals surface area contributed by atoms with E-state index < -0.39 is 0 Å². The summed E-state index contributed by atoms with van der Waals surface area (Å²) in [6.07, 6.45) is 1.74. The second-order valence-electron chi connectivity index (χ2n) is 5.46. The number of hydrogen-bond donors (Lipinski definition) is 2. The molecule has 0 aliphatic carbocycles. The van der Waals surface area contributed by atoms with Crippen LogP contribution in [0.1, 0.15) is 31.4 Å². The molecule has 110 valence electrons. The standard InChI is InChI=1S/C16H24N2O2/c1-12-10-14(8-9-17-12)16(19)18-11-15(20-2)13-6-4-3-5-7-13/h3-7,12,14-15,17H,8-11H2,1-2H3,(H,18,19)/t12-,14-,15?/m0/s1. The smallest absolute Gasteiger partial charge is 0.223 e. The minimum Gasteiger partial charge on any atom is -0.375 e. The van der Waals surface area contributed by atoms with Gasteiger partial charge in [-0.1, -0.05) is 30.3 Å². The van der Waals surface area contributed by atoms with E-state index in [1.165, 1.54) is 0 Å². The molecule has 1 unspecified atom stereocenters. The molecule has 0 spiro atoms. The number of benzene rings is 1. The van der Waals surface area contributed by atoms with Crippen molar-refractivity contribution in [3.8, 4) is 0 Å². The first kappa shape index (κ1) is 15.0. The second-order valence-corrected chi connectivity index (χ2v) is 5.46. The van der Waals surface area contributed by atoms with Gasteiger partial charge in [-0.2, -0.15) is 0 Å². The molecule has 0 aromatic heterocycles. The van der Waals surface area contributed by atoms with Crippen molar-refractivity contribution in [3.05, 3.63) is 35.9 Å². The number of nitrogens with one attached hydrogen (secondary N) is 2. The van der Waals surface area contributed by atoms with E-state index in [0.29, 0.717) is 12.6 Å². The van der Waals surface area contributed by atoms with Gasteiger partial charge in [-0.05, 0) is 31.9 Å². The molecule has 0 saturated carbocycles. The zero-order valence-corrected chi connectivity index (χ0v) is 12.3. The summed E-state index contributed by atoms with van der Waals surface area (Å²) >= 11 is 0. The van der Waals surface area contributed by atoms with Gasteiger partial charge in [0.25, 0.3) is 0 Å². The monoisotopic (exact) mass is 276 g/mol. The van der Waals surface area contributed by atoms with Crippen LogP contribution in [0.15, 0.2) is 30.3 Å². The zero-order valence-electron chi connectivity index (χ0n) is 12.3. The van der Waals surface area contributed by atoms with Gasteiger partial charge in [0.2, 0.25) is 5.91 Å². The molecule has 1 fully saturated rings. The van der Waals surface area contributed by atoms with E-state index >= 15 is 0 Å². The van der Waals surface area contributed by atoms with Crippen molar-refractivity contribution < 1.29 is 9.53 Å². The number of carbonyl (C=O) groups excluding carboxylic acids is 1. The van der Waals surface area contributed by atoms with E-state index in [9.17, 15) is 4.79 Å². The lowest BCUT2D eigenvalue weighted by atomic mass is 9.92. The summed E-state index contributed by atoms with van der Waals surface area (Å²) in [5.41, 5.74) is 1.09. The van der Waals surface area contributed by atoms with Gasteiger partial charge in [-0.25, -0.2) is 0 Å². The molecule has 20 heavy (non-hydrogen) atoms. The first-order chi connectivity index (χ1) is 9.70. The molecule has 1 aromatic carbocycles. The highest BCUT2D eigenvalue weighted by Crippen LogP contribution is 2.18. The van der Waals surface area contributed by atoms with E-state index in [-0.39, 0.29) is 17.9 Å². The molecule has 4 heteroatoms. The molecular weight excluding hydrogens is 252 g/mol. The molecular formula is C16H24N2O2. The van der Waals surface area contributed by atoms with Gasteiger partial charge in [0.15, 0.2) is 0 Å². The number of ether oxygens (including phenoxy) is 1. The molecule has 1 aromatic rings. The van der Waals surface area contributed by atoms with Gasteiger partial charge < -0.3 is 15.4 Å². The first-order valence-electron chi connectivity index (χ1n) is 7.29. The summed E-state index contributed by atoms with van der Waals surface area (Å²) < 4.78 is 5.47. The van der Waals surface area contributed by atoms with Crippen molar-refractivity contribution in [2.45, 2.75) is 31.9 Å². The molecule has 1 saturated heterocycles. The quantitative estimate of drug-likeness (QED) is 0.863. The Bertz CT molecular complexity index is 422. The summed E-state index contributed by atoms with van der Waals surface area (Å²) in [6, 6.07) is 10.4. The Hall–Kier alpha value is -1.39. The summed E-state index contributed by atoms with van der Waals surface area (Å²) in [6.45, 7) is 3.57. The molecule has 4 nitrogen and oxygen atoms in total. The maximum atomic E-state index is 12.2. The van der Waals surface area contributed by atoms with E-state index in [1.807, 2.05) is 30.3 Å². The van der Waals surface area contributed by atoms with Crippen LogP contribution in [0.4, 0.5) is 0 Å². The number of piperidine rings is 1. The topological polar surface area (TPSA) is 50.4 Å². The maximum absolute atomic E-state index is 12.2. The van der Waals surface area contributed by atoms with Crippen LogP contribution in [0.2, 0.25) is 0 Å². The average molecular weight is 276 g/mol. The number of amides is 1. The Kier molecular flexibility index (Phi) is 5.56. The van der Waals surface area contributed by atoms with E-state index in [1.54, 1.807) is 7.11 Å². The summed E-state index contributed by atoms with van der Waals surface area (Å²) in [5, 5.41) is 6.39. The molecule has 1 aliphatic heterocycles. The molecule has 1 heterocycles. The van der Waals surface area contributed by atoms with Crippen LogP contribution in [-0.2, 0) is 9.53 Å². The fourth-order valence-electron chi connectivity index (χ4n) is 2.71. The van der Waals surface area contributed by atoms with Crippen molar-refractivity contribution in [2.24, 2.45) is 5.92 Å². The van der Waals surface area contributed by atoms with Crippen LogP contribution in [0.25, 0.3) is 0 Å². The largest absolute Gasteiger partial charge is 0.375 e. The van der Waals surface area contributed by atoms with Gasteiger partial charge in [0.1, 0.15) is 0 Å². The lowest BCUT2D eigenvalue weighted by molar-refractivity contribution is -0.126. The summed E-state index contributed by atoms with van der Waals surface area (Å²) in [4.78, 5) is 12.2.